The molecule has 0 radical (unpaired) electrons. The van der Waals surface area contributed by atoms with E-state index in [9.17, 15) is 0 Å². The maximum atomic E-state index is 8.75. The van der Waals surface area contributed by atoms with Gasteiger partial charge in [-0.3, -0.25) is 5.43 Å². The van der Waals surface area contributed by atoms with E-state index in [1.165, 1.54) is 7.05 Å². The first-order valence-corrected chi connectivity index (χ1v) is 3.91. The summed E-state index contributed by atoms with van der Waals surface area (Å²) >= 11 is 5.77. The Kier molecular flexibility index (Phi) is 3.23. The quantitative estimate of drug-likeness (QED) is 0.581. The van der Waals surface area contributed by atoms with Crippen molar-refractivity contribution in [2.45, 2.75) is 0 Å². The maximum Gasteiger partial charge on any atom is 0.103 e. The van der Waals surface area contributed by atoms with Crippen LogP contribution in [0.25, 0.3) is 0 Å². The van der Waals surface area contributed by atoms with Crippen LogP contribution in [0.3, 0.4) is 0 Å². The fourth-order valence-corrected chi connectivity index (χ4v) is 1.05. The zero-order chi connectivity index (χ0) is 9.68. The fraction of sp³-hybridized carbons (Fsp3) is 0.125. The van der Waals surface area contributed by atoms with E-state index in [0.29, 0.717) is 16.3 Å². The van der Waals surface area contributed by atoms with Crippen LogP contribution in [0, 0.1) is 11.3 Å². The SMILES string of the molecule is CN=NNc1cccc(Cl)c1C#N. The van der Waals surface area contributed by atoms with Crippen molar-refractivity contribution in [3.05, 3.63) is 28.8 Å². The van der Waals surface area contributed by atoms with E-state index < -0.39 is 0 Å². The number of halogens is 1. The average Bonchev–Trinajstić information content (AvgIpc) is 2.15. The van der Waals surface area contributed by atoms with Gasteiger partial charge in [-0.2, -0.15) is 10.4 Å². The van der Waals surface area contributed by atoms with E-state index in [1.54, 1.807) is 18.2 Å². The molecular weight excluding hydrogens is 188 g/mol. The number of hydrogen-bond donors (Lipinski definition) is 1. The van der Waals surface area contributed by atoms with Gasteiger partial charge in [0.25, 0.3) is 0 Å². The second-order valence-corrected chi connectivity index (χ2v) is 2.59. The van der Waals surface area contributed by atoms with Crippen LogP contribution in [0.2, 0.25) is 5.02 Å². The molecule has 66 valence electrons. The molecule has 0 aliphatic rings. The summed E-state index contributed by atoms with van der Waals surface area (Å²) in [6.07, 6.45) is 0. The van der Waals surface area contributed by atoms with E-state index in [4.69, 9.17) is 16.9 Å². The molecule has 13 heavy (non-hydrogen) atoms. The highest BCUT2D eigenvalue weighted by Gasteiger charge is 2.04. The molecule has 0 bridgehead atoms. The van der Waals surface area contributed by atoms with E-state index in [0.717, 1.165) is 0 Å². The molecule has 1 aromatic carbocycles. The first-order chi connectivity index (χ1) is 6.29. The topological polar surface area (TPSA) is 60.5 Å². The highest BCUT2D eigenvalue weighted by molar-refractivity contribution is 6.32. The highest BCUT2D eigenvalue weighted by atomic mass is 35.5. The molecule has 0 atom stereocenters. The maximum absolute atomic E-state index is 8.75. The number of nitriles is 1. The molecule has 1 rings (SSSR count). The standard InChI is InChI=1S/C8H7ClN4/c1-11-13-12-8-4-2-3-7(9)6(8)5-10/h2-4H,1H3,(H,11,12). The van der Waals surface area contributed by atoms with E-state index in [1.807, 2.05) is 6.07 Å². The van der Waals surface area contributed by atoms with Crippen molar-refractivity contribution >= 4 is 17.3 Å². The third kappa shape index (κ3) is 2.17. The van der Waals surface area contributed by atoms with Crippen molar-refractivity contribution in [1.82, 2.24) is 0 Å². The molecular formula is C8H7ClN4. The Hall–Kier alpha value is -1.60. The van der Waals surface area contributed by atoms with Crippen molar-refractivity contribution in [3.63, 3.8) is 0 Å². The Morgan fingerprint density at radius 2 is 2.31 bits per heavy atom. The fourth-order valence-electron chi connectivity index (χ4n) is 0.835. The van der Waals surface area contributed by atoms with Gasteiger partial charge in [0.15, 0.2) is 0 Å². The van der Waals surface area contributed by atoms with E-state index in [2.05, 4.69) is 15.8 Å². The molecule has 0 amide bonds. The lowest BCUT2D eigenvalue weighted by Gasteiger charge is -2.01. The van der Waals surface area contributed by atoms with Gasteiger partial charge in [0.05, 0.1) is 23.3 Å². The van der Waals surface area contributed by atoms with Gasteiger partial charge >= 0.3 is 0 Å². The molecule has 5 heteroatoms. The second kappa shape index (κ2) is 4.43. The molecule has 0 aliphatic carbocycles. The predicted molar refractivity (Wildman–Crippen MR) is 50.6 cm³/mol. The minimum absolute atomic E-state index is 0.372. The van der Waals surface area contributed by atoms with E-state index >= 15 is 0 Å². The van der Waals surface area contributed by atoms with E-state index in [-0.39, 0.29) is 0 Å². The lowest BCUT2D eigenvalue weighted by molar-refractivity contribution is 1.08. The van der Waals surface area contributed by atoms with Gasteiger partial charge in [-0.1, -0.05) is 22.9 Å². The third-order valence-electron chi connectivity index (χ3n) is 1.40. The van der Waals surface area contributed by atoms with Crippen LogP contribution >= 0.6 is 11.6 Å². The van der Waals surface area contributed by atoms with Crippen LogP contribution in [0.5, 0.6) is 0 Å². The number of rotatable bonds is 2. The Bertz CT molecular complexity index is 367. The van der Waals surface area contributed by atoms with Crippen molar-refractivity contribution in [3.8, 4) is 6.07 Å². The molecule has 0 aromatic heterocycles. The van der Waals surface area contributed by atoms with Gasteiger partial charge in [0.1, 0.15) is 6.07 Å². The summed E-state index contributed by atoms with van der Waals surface area (Å²) in [6, 6.07) is 7.06. The molecule has 0 saturated carbocycles. The molecule has 0 aliphatic heterocycles. The summed E-state index contributed by atoms with van der Waals surface area (Å²) in [5.74, 6) is 0. The minimum Gasteiger partial charge on any atom is -0.259 e. The first kappa shape index (κ1) is 9.49. The summed E-state index contributed by atoms with van der Waals surface area (Å²) in [5, 5.41) is 16.2. The summed E-state index contributed by atoms with van der Waals surface area (Å²) in [5.41, 5.74) is 3.53. The summed E-state index contributed by atoms with van der Waals surface area (Å²) < 4.78 is 0. The van der Waals surface area contributed by atoms with Gasteiger partial charge in [-0.15, -0.1) is 0 Å². The van der Waals surface area contributed by atoms with Gasteiger partial charge in [-0.25, -0.2) is 0 Å². The van der Waals surface area contributed by atoms with Crippen LogP contribution in [0.15, 0.2) is 28.5 Å². The Morgan fingerprint density at radius 3 is 2.92 bits per heavy atom. The Balaban J connectivity index is 3.07. The zero-order valence-electron chi connectivity index (χ0n) is 6.95. The monoisotopic (exact) mass is 194 g/mol. The third-order valence-corrected chi connectivity index (χ3v) is 1.71. The number of hydrogen-bond acceptors (Lipinski definition) is 3. The molecule has 0 heterocycles. The van der Waals surface area contributed by atoms with Crippen LogP contribution in [0.1, 0.15) is 5.56 Å². The van der Waals surface area contributed by atoms with Crippen molar-refractivity contribution in [2.24, 2.45) is 10.3 Å². The number of anilines is 1. The molecule has 4 nitrogen and oxygen atoms in total. The summed E-state index contributed by atoms with van der Waals surface area (Å²) in [4.78, 5) is 0. The largest absolute Gasteiger partial charge is 0.259 e. The molecule has 1 aromatic rings. The van der Waals surface area contributed by atoms with Crippen LogP contribution in [-0.2, 0) is 0 Å². The predicted octanol–water partition coefficient (Wildman–Crippen LogP) is 2.62. The Morgan fingerprint density at radius 1 is 1.54 bits per heavy atom. The number of nitrogens with one attached hydrogen (secondary N) is 1. The molecule has 1 N–H and O–H groups in total. The highest BCUT2D eigenvalue weighted by Crippen LogP contribution is 2.22. The Labute approximate surface area is 80.8 Å². The van der Waals surface area contributed by atoms with Crippen LogP contribution in [-0.4, -0.2) is 7.05 Å². The lowest BCUT2D eigenvalue weighted by atomic mass is 10.2. The molecule has 0 spiro atoms. The molecule has 0 unspecified atom stereocenters. The van der Waals surface area contributed by atoms with Gasteiger partial charge < -0.3 is 0 Å². The summed E-state index contributed by atoms with van der Waals surface area (Å²) in [7, 11) is 1.53. The van der Waals surface area contributed by atoms with Gasteiger partial charge in [0, 0.05) is 0 Å². The summed E-state index contributed by atoms with van der Waals surface area (Å²) in [6.45, 7) is 0. The van der Waals surface area contributed by atoms with Crippen molar-refractivity contribution in [2.75, 3.05) is 12.5 Å². The smallest absolute Gasteiger partial charge is 0.103 e. The van der Waals surface area contributed by atoms with Crippen molar-refractivity contribution < 1.29 is 0 Å². The lowest BCUT2D eigenvalue weighted by Crippen LogP contribution is -1.91. The molecule has 0 fully saturated rings. The normalized spacial score (nSPS) is 9.92. The van der Waals surface area contributed by atoms with Gasteiger partial charge in [0.2, 0.25) is 0 Å². The van der Waals surface area contributed by atoms with Crippen LogP contribution < -0.4 is 5.43 Å². The van der Waals surface area contributed by atoms with Gasteiger partial charge in [-0.05, 0) is 12.1 Å². The zero-order valence-corrected chi connectivity index (χ0v) is 7.71. The minimum atomic E-state index is 0.372. The average molecular weight is 195 g/mol. The first-order valence-electron chi connectivity index (χ1n) is 3.53. The van der Waals surface area contributed by atoms with Crippen LogP contribution in [0.4, 0.5) is 5.69 Å². The second-order valence-electron chi connectivity index (χ2n) is 2.19. The number of benzene rings is 1. The number of nitrogens with zero attached hydrogens (tertiary/aromatic N) is 3. The molecule has 0 saturated heterocycles. The van der Waals surface area contributed by atoms with Crippen molar-refractivity contribution in [1.29, 1.82) is 5.26 Å².